The van der Waals surface area contributed by atoms with Gasteiger partial charge in [0.15, 0.2) is 5.82 Å². The Balaban J connectivity index is 2.01. The van der Waals surface area contributed by atoms with E-state index in [1.807, 2.05) is 32.9 Å². The lowest BCUT2D eigenvalue weighted by atomic mass is 9.96. The van der Waals surface area contributed by atoms with Gasteiger partial charge in [-0.3, -0.25) is 14.9 Å². The zero-order chi connectivity index (χ0) is 26.1. The van der Waals surface area contributed by atoms with Crippen LogP contribution in [-0.2, 0) is 0 Å². The van der Waals surface area contributed by atoms with E-state index in [9.17, 15) is 20.0 Å². The first-order valence-electron chi connectivity index (χ1n) is 11.0. The van der Waals surface area contributed by atoms with Crippen LogP contribution >= 0.6 is 11.6 Å². The van der Waals surface area contributed by atoms with Gasteiger partial charge in [-0.15, -0.1) is 0 Å². The maximum absolute atomic E-state index is 13.5. The number of fused-ring (bicyclic) bond motifs is 1. The van der Waals surface area contributed by atoms with Crippen molar-refractivity contribution >= 4 is 34.4 Å². The minimum Gasteiger partial charge on any atom is -0.502 e. The van der Waals surface area contributed by atoms with Crippen LogP contribution in [0.4, 0.5) is 5.69 Å². The van der Waals surface area contributed by atoms with Gasteiger partial charge in [-0.25, -0.2) is 4.98 Å². The maximum atomic E-state index is 13.5. The lowest BCUT2D eigenvalue weighted by Crippen LogP contribution is -2.21. The highest BCUT2D eigenvalue weighted by atomic mass is 35.5. The third-order valence-corrected chi connectivity index (χ3v) is 6.00. The Bertz CT molecular complexity index is 1590. The van der Waals surface area contributed by atoms with Crippen molar-refractivity contribution in [2.45, 2.75) is 26.7 Å². The molecule has 0 saturated carbocycles. The van der Waals surface area contributed by atoms with Gasteiger partial charge in [0.2, 0.25) is 5.75 Å². The van der Waals surface area contributed by atoms with Gasteiger partial charge in [0, 0.05) is 22.2 Å². The number of rotatable bonds is 6. The van der Waals surface area contributed by atoms with Gasteiger partial charge in [0.05, 0.1) is 29.2 Å². The average Bonchev–Trinajstić information content (AvgIpc) is 2.84. The maximum Gasteiger partial charge on any atom is 0.312 e. The average molecular weight is 507 g/mol. The first kappa shape index (κ1) is 24.9. The number of aryl methyl sites for hydroxylation is 1. The van der Waals surface area contributed by atoms with Crippen molar-refractivity contribution in [2.75, 3.05) is 7.11 Å². The quantitative estimate of drug-likeness (QED) is 0.205. The third-order valence-electron chi connectivity index (χ3n) is 5.79. The van der Waals surface area contributed by atoms with Crippen molar-refractivity contribution in [1.82, 2.24) is 9.66 Å². The minimum absolute atomic E-state index is 0.0190. The molecule has 10 heteroatoms. The SMILES string of the molecule is COc1cc(C)c(-c2nc3ccccc3c(=O)n2N=Cc2cc(Cl)cc([N+](=O)[O-])c2O)cc1C(C)C. The number of nitro groups is 1. The summed E-state index contributed by atoms with van der Waals surface area (Å²) < 4.78 is 6.67. The number of aromatic nitrogens is 2. The zero-order valence-electron chi connectivity index (χ0n) is 20.0. The number of benzene rings is 3. The Morgan fingerprint density at radius 2 is 1.94 bits per heavy atom. The summed E-state index contributed by atoms with van der Waals surface area (Å²) in [7, 11) is 1.60. The molecule has 0 aliphatic carbocycles. The van der Waals surface area contributed by atoms with Crippen molar-refractivity contribution in [3.8, 4) is 22.9 Å². The Morgan fingerprint density at radius 1 is 1.22 bits per heavy atom. The molecule has 4 aromatic rings. The molecule has 0 radical (unpaired) electrons. The Morgan fingerprint density at radius 3 is 2.61 bits per heavy atom. The van der Waals surface area contributed by atoms with E-state index in [0.29, 0.717) is 16.5 Å². The molecule has 0 saturated heterocycles. The van der Waals surface area contributed by atoms with Crippen LogP contribution in [0.2, 0.25) is 5.02 Å². The van der Waals surface area contributed by atoms with Gasteiger partial charge in [-0.1, -0.05) is 37.6 Å². The van der Waals surface area contributed by atoms with E-state index >= 15 is 0 Å². The number of nitrogens with zero attached hydrogens (tertiary/aromatic N) is 4. The van der Waals surface area contributed by atoms with Gasteiger partial charge >= 0.3 is 5.69 Å². The molecule has 0 fully saturated rings. The summed E-state index contributed by atoms with van der Waals surface area (Å²) in [6.45, 7) is 5.94. The van der Waals surface area contributed by atoms with E-state index in [1.54, 1.807) is 31.4 Å². The summed E-state index contributed by atoms with van der Waals surface area (Å²) in [5, 5.41) is 26.4. The zero-order valence-corrected chi connectivity index (χ0v) is 20.8. The first-order valence-corrected chi connectivity index (χ1v) is 11.4. The molecule has 1 heterocycles. The van der Waals surface area contributed by atoms with Crippen LogP contribution in [-0.4, -0.2) is 33.0 Å². The number of halogens is 1. The number of methoxy groups -OCH3 is 1. The molecule has 0 spiro atoms. The molecule has 0 aliphatic rings. The smallest absolute Gasteiger partial charge is 0.312 e. The molecule has 9 nitrogen and oxygen atoms in total. The van der Waals surface area contributed by atoms with Crippen molar-refractivity contribution in [3.63, 3.8) is 0 Å². The van der Waals surface area contributed by atoms with Crippen LogP contribution in [0.3, 0.4) is 0 Å². The molecular weight excluding hydrogens is 484 g/mol. The van der Waals surface area contributed by atoms with E-state index in [-0.39, 0.29) is 22.3 Å². The first-order chi connectivity index (χ1) is 17.1. The number of ether oxygens (including phenoxy) is 1. The predicted octanol–water partition coefficient (Wildman–Crippen LogP) is 5.65. The van der Waals surface area contributed by atoms with Crippen molar-refractivity contribution in [1.29, 1.82) is 0 Å². The fourth-order valence-corrected chi connectivity index (χ4v) is 4.16. The molecular formula is C26H23ClN4O5. The monoisotopic (exact) mass is 506 g/mol. The van der Waals surface area contributed by atoms with Gasteiger partial charge in [-0.2, -0.15) is 9.78 Å². The van der Waals surface area contributed by atoms with Gasteiger partial charge in [-0.05, 0) is 54.3 Å². The summed E-state index contributed by atoms with van der Waals surface area (Å²) in [5.41, 5.74) is 1.87. The lowest BCUT2D eigenvalue weighted by molar-refractivity contribution is -0.385. The molecule has 36 heavy (non-hydrogen) atoms. The highest BCUT2D eigenvalue weighted by Crippen LogP contribution is 2.35. The van der Waals surface area contributed by atoms with Gasteiger partial charge in [0.1, 0.15) is 5.75 Å². The fourth-order valence-electron chi connectivity index (χ4n) is 3.94. The van der Waals surface area contributed by atoms with E-state index < -0.39 is 21.9 Å². The predicted molar refractivity (Wildman–Crippen MR) is 140 cm³/mol. The summed E-state index contributed by atoms with van der Waals surface area (Å²) in [5.74, 6) is 0.514. The van der Waals surface area contributed by atoms with Crippen molar-refractivity contribution in [3.05, 3.63) is 90.7 Å². The third kappa shape index (κ3) is 4.52. The summed E-state index contributed by atoms with van der Waals surface area (Å²) >= 11 is 6.01. The summed E-state index contributed by atoms with van der Waals surface area (Å²) in [6.07, 6.45) is 1.15. The molecule has 0 unspecified atom stereocenters. The molecule has 0 atom stereocenters. The van der Waals surface area contributed by atoms with Crippen LogP contribution in [0.5, 0.6) is 11.5 Å². The molecule has 4 rings (SSSR count). The summed E-state index contributed by atoms with van der Waals surface area (Å²) in [4.78, 5) is 28.8. The van der Waals surface area contributed by atoms with E-state index in [1.165, 1.54) is 6.07 Å². The number of para-hydroxylation sites is 1. The number of aromatic hydroxyl groups is 1. The van der Waals surface area contributed by atoms with Crippen LogP contribution in [0.1, 0.15) is 36.5 Å². The minimum atomic E-state index is -0.748. The second-order valence-electron chi connectivity index (χ2n) is 8.50. The summed E-state index contributed by atoms with van der Waals surface area (Å²) in [6, 6.07) is 13.1. The number of phenols is 1. The van der Waals surface area contributed by atoms with E-state index in [2.05, 4.69) is 5.10 Å². The van der Waals surface area contributed by atoms with Crippen molar-refractivity contribution < 1.29 is 14.8 Å². The van der Waals surface area contributed by atoms with Crippen LogP contribution < -0.4 is 10.3 Å². The Hall–Kier alpha value is -4.24. The molecule has 1 N–H and O–H groups in total. The standard InChI is InChI=1S/C26H23ClN4O5/c1-14(2)19-12-20(15(3)9-23(19)36-4)25-29-21-8-6-5-7-18(21)26(33)30(25)28-13-16-10-17(27)11-22(24(16)32)31(34)35/h5-14,32H,1-4H3. The highest BCUT2D eigenvalue weighted by Gasteiger charge is 2.20. The number of hydrogen-bond acceptors (Lipinski definition) is 7. The van der Waals surface area contributed by atoms with Crippen LogP contribution in [0.15, 0.2) is 58.4 Å². The Kier molecular flexibility index (Phi) is 6.76. The molecule has 0 bridgehead atoms. The Labute approximate surface area is 211 Å². The van der Waals surface area contributed by atoms with Crippen LogP contribution in [0, 0.1) is 17.0 Å². The van der Waals surface area contributed by atoms with E-state index in [0.717, 1.165) is 33.8 Å². The van der Waals surface area contributed by atoms with Crippen molar-refractivity contribution in [2.24, 2.45) is 5.10 Å². The highest BCUT2D eigenvalue weighted by molar-refractivity contribution is 6.31. The molecule has 0 aliphatic heterocycles. The number of hydrogen-bond donors (Lipinski definition) is 1. The van der Waals surface area contributed by atoms with Gasteiger partial charge in [0.25, 0.3) is 5.56 Å². The number of nitro benzene ring substituents is 1. The molecule has 0 amide bonds. The molecule has 3 aromatic carbocycles. The second kappa shape index (κ2) is 9.79. The van der Waals surface area contributed by atoms with E-state index in [4.69, 9.17) is 21.3 Å². The fraction of sp³-hybridized carbons (Fsp3) is 0.192. The molecule has 1 aromatic heterocycles. The van der Waals surface area contributed by atoms with Gasteiger partial charge < -0.3 is 9.84 Å². The molecule has 184 valence electrons. The number of phenolic OH excluding ortho intramolecular Hbond substituents is 1. The normalized spacial score (nSPS) is 11.5. The lowest BCUT2D eigenvalue weighted by Gasteiger charge is -2.17. The largest absolute Gasteiger partial charge is 0.502 e. The topological polar surface area (TPSA) is 120 Å². The van der Waals surface area contributed by atoms with Crippen LogP contribution in [0.25, 0.3) is 22.3 Å². The second-order valence-corrected chi connectivity index (χ2v) is 8.93.